The lowest BCUT2D eigenvalue weighted by molar-refractivity contribution is -0.136. The molecular weight excluding hydrogens is 1020 g/mol. The number of benzene rings is 1. The summed E-state index contributed by atoms with van der Waals surface area (Å²) in [7, 11) is -4.53. The fraction of sp³-hybridized carbons (Fsp3) is 0.630. The minimum absolute atomic E-state index is 0.0866. The van der Waals surface area contributed by atoms with Crippen LogP contribution in [0.25, 0.3) is 0 Å². The van der Waals surface area contributed by atoms with Gasteiger partial charge in [0.05, 0.1) is 45.0 Å². The number of aliphatic hydroxyl groups excluding tert-OH is 3. The molecule has 0 saturated carbocycles. The van der Waals surface area contributed by atoms with Crippen molar-refractivity contribution in [2.45, 2.75) is 141 Å². The van der Waals surface area contributed by atoms with Crippen molar-refractivity contribution in [3.8, 4) is 0 Å². The van der Waals surface area contributed by atoms with E-state index in [9.17, 15) is 76.5 Å². The van der Waals surface area contributed by atoms with Gasteiger partial charge in [0.2, 0.25) is 75.0 Å². The predicted octanol–water partition coefficient (Wildman–Crippen LogP) is -7.20. The molecule has 0 aliphatic rings. The quantitative estimate of drug-likeness (QED) is 0.0300. The summed E-state index contributed by atoms with van der Waals surface area (Å²) in [5.74, 6) is -12.9. The van der Waals surface area contributed by atoms with E-state index in [1.807, 2.05) is 0 Å². The molecule has 0 saturated heterocycles. The second-order valence-corrected chi connectivity index (χ2v) is 20.7. The molecule has 1 rings (SSSR count). The number of nitrogens with two attached hydrogens (primary N) is 4. The SMILES string of the molecule is CC[C@H](C)[C@H](NC(=O)[C@H](C)NC(=O)CNC(=O)[C@H](Cc1ccccc1)NC(=O)[C@H](CC(N)=O)NC(=O)[C@H](CC(N)=O)NC(=O)[C@@H](N)CO)C(=O)N[C@@H](CC(C)C)CS(=O)(=O)N(C(C)C)[C@@H](CO)C(=O)N[C@@H](CO)C(N)=O. The van der Waals surface area contributed by atoms with Crippen LogP contribution in [-0.4, -0.2) is 186 Å². The first-order valence-electron chi connectivity index (χ1n) is 24.3. The van der Waals surface area contributed by atoms with Crippen LogP contribution in [0.4, 0.5) is 0 Å². The van der Waals surface area contributed by atoms with Crippen molar-refractivity contribution in [2.24, 2.45) is 34.8 Å². The molecule has 0 radical (unpaired) electrons. The Hall–Kier alpha value is -6.86. The van der Waals surface area contributed by atoms with Gasteiger partial charge in [0.25, 0.3) is 0 Å². The summed E-state index contributed by atoms with van der Waals surface area (Å²) in [4.78, 5) is 142. The maximum atomic E-state index is 14.1. The molecule has 76 heavy (non-hydrogen) atoms. The van der Waals surface area contributed by atoms with Crippen molar-refractivity contribution >= 4 is 75.0 Å². The van der Waals surface area contributed by atoms with E-state index in [1.54, 1.807) is 58.0 Å². The Morgan fingerprint density at radius 3 is 1.59 bits per heavy atom. The van der Waals surface area contributed by atoms with E-state index in [-0.39, 0.29) is 18.8 Å². The molecule has 0 bridgehead atoms. The van der Waals surface area contributed by atoms with Gasteiger partial charge >= 0.3 is 0 Å². The minimum atomic E-state index is -4.53. The smallest absolute Gasteiger partial charge is 0.243 e. The van der Waals surface area contributed by atoms with Gasteiger partial charge in [-0.1, -0.05) is 64.4 Å². The highest BCUT2D eigenvalue weighted by atomic mass is 32.2. The second-order valence-electron chi connectivity index (χ2n) is 18.8. The molecule has 0 aromatic heterocycles. The minimum Gasteiger partial charge on any atom is -0.394 e. The van der Waals surface area contributed by atoms with Crippen LogP contribution in [0, 0.1) is 11.8 Å². The van der Waals surface area contributed by atoms with Gasteiger partial charge in [0.1, 0.15) is 48.3 Å². The van der Waals surface area contributed by atoms with E-state index in [1.165, 1.54) is 20.8 Å². The number of carbonyl (C=O) groups is 11. The molecule has 428 valence electrons. The first-order valence-corrected chi connectivity index (χ1v) is 25.9. The van der Waals surface area contributed by atoms with E-state index in [2.05, 4.69) is 42.5 Å². The van der Waals surface area contributed by atoms with Crippen molar-refractivity contribution in [1.29, 1.82) is 0 Å². The summed E-state index contributed by atoms with van der Waals surface area (Å²) in [5, 5.41) is 47.8. The van der Waals surface area contributed by atoms with Gasteiger partial charge < -0.3 is 80.8 Å². The largest absolute Gasteiger partial charge is 0.394 e. The molecule has 1 aromatic carbocycles. The monoisotopic (exact) mass is 1100 g/mol. The van der Waals surface area contributed by atoms with E-state index >= 15 is 0 Å². The number of sulfonamides is 1. The molecule has 1 aromatic rings. The average molecular weight is 1100 g/mol. The van der Waals surface area contributed by atoms with Crippen LogP contribution in [-0.2, 0) is 69.2 Å². The number of aliphatic hydroxyl groups is 3. The Morgan fingerprint density at radius 1 is 0.605 bits per heavy atom. The standard InChI is InChI=1S/C46H77N13O16S/c1-8-25(6)38(46(73)53-28(14-23(2)3)22-76(74,75)59(24(4)5)34(21-62)45(72)57-33(20-61)39(50)66)58-40(67)26(7)52-37(65)18-51-42(69)30(15-27-12-10-9-11-13-27)55-44(71)32(17-36(49)64)56-43(70)31(16-35(48)63)54-41(68)29(47)19-60/h9-13,23-26,28-34,38,60-62H,8,14-22,47H2,1-7H3,(H2,48,63)(H2,49,64)(H2,50,66)(H,51,69)(H,52,65)(H,53,73)(H,54,68)(H,55,71)(H,56,70)(H,57,72)(H,58,67)/t25-,26-,28-,29-,30-,31-,32-,33-,34-,38-/m0/s1. The summed E-state index contributed by atoms with van der Waals surface area (Å²) < 4.78 is 28.8. The van der Waals surface area contributed by atoms with E-state index in [4.69, 9.17) is 22.9 Å². The van der Waals surface area contributed by atoms with Gasteiger partial charge in [-0.05, 0) is 44.6 Å². The number of rotatable bonds is 35. The first kappa shape index (κ1) is 67.2. The van der Waals surface area contributed by atoms with Crippen LogP contribution >= 0.6 is 0 Å². The Kier molecular flexibility index (Phi) is 28.8. The molecule has 19 N–H and O–H groups in total. The van der Waals surface area contributed by atoms with Gasteiger partial charge in [-0.2, -0.15) is 4.31 Å². The lowest BCUT2D eigenvalue weighted by Gasteiger charge is -2.34. The van der Waals surface area contributed by atoms with Crippen molar-refractivity contribution in [3.05, 3.63) is 35.9 Å². The number of primary amides is 3. The second kappa shape index (κ2) is 32.6. The zero-order valence-corrected chi connectivity index (χ0v) is 44.5. The molecule has 0 unspecified atom stereocenters. The molecule has 0 heterocycles. The molecule has 30 heteroatoms. The number of nitrogens with one attached hydrogen (secondary N) is 8. The maximum absolute atomic E-state index is 14.1. The van der Waals surface area contributed by atoms with E-state index < -0.39 is 186 Å². The predicted molar refractivity (Wildman–Crippen MR) is 272 cm³/mol. The molecular formula is C46H77N13O16S. The number of hydrogen-bond acceptors (Lipinski definition) is 17. The van der Waals surface area contributed by atoms with Crippen LogP contribution in [0.2, 0.25) is 0 Å². The fourth-order valence-electron chi connectivity index (χ4n) is 7.41. The van der Waals surface area contributed by atoms with E-state index in [0.717, 1.165) is 4.31 Å². The lowest BCUT2D eigenvalue weighted by Crippen LogP contribution is -2.60. The summed E-state index contributed by atoms with van der Waals surface area (Å²) >= 11 is 0. The third-order valence-electron chi connectivity index (χ3n) is 11.5. The van der Waals surface area contributed by atoms with Crippen LogP contribution < -0.4 is 65.5 Å². The van der Waals surface area contributed by atoms with Crippen molar-refractivity contribution in [3.63, 3.8) is 0 Å². The molecule has 0 spiro atoms. The van der Waals surface area contributed by atoms with Gasteiger partial charge in [0.15, 0.2) is 0 Å². The van der Waals surface area contributed by atoms with Gasteiger partial charge in [-0.15, -0.1) is 0 Å². The number of hydrogen-bond donors (Lipinski definition) is 15. The number of nitrogens with zero attached hydrogens (tertiary/aromatic N) is 1. The summed E-state index contributed by atoms with van der Waals surface area (Å²) in [5.41, 5.74) is 21.8. The maximum Gasteiger partial charge on any atom is 0.243 e. The number of amides is 11. The molecule has 10 atom stereocenters. The average Bonchev–Trinajstić information content (AvgIpc) is 3.33. The van der Waals surface area contributed by atoms with E-state index in [0.29, 0.717) is 12.0 Å². The topological polar surface area (TPSA) is 486 Å². The third kappa shape index (κ3) is 22.9. The van der Waals surface area contributed by atoms with Gasteiger partial charge in [-0.25, -0.2) is 8.42 Å². The van der Waals surface area contributed by atoms with Crippen LogP contribution in [0.15, 0.2) is 30.3 Å². The highest BCUT2D eigenvalue weighted by Crippen LogP contribution is 2.19. The fourth-order valence-corrected chi connectivity index (χ4v) is 9.51. The molecule has 29 nitrogen and oxygen atoms in total. The van der Waals surface area contributed by atoms with Crippen LogP contribution in [0.1, 0.15) is 79.7 Å². The Morgan fingerprint density at radius 2 is 1.13 bits per heavy atom. The molecule has 0 fully saturated rings. The zero-order valence-electron chi connectivity index (χ0n) is 43.7. The zero-order chi connectivity index (χ0) is 58.2. The lowest BCUT2D eigenvalue weighted by atomic mass is 9.97. The molecule has 11 amide bonds. The van der Waals surface area contributed by atoms with Crippen molar-refractivity contribution < 1.29 is 76.5 Å². The molecule has 0 aliphatic heterocycles. The Bertz CT molecular complexity index is 2290. The van der Waals surface area contributed by atoms with Crippen LogP contribution in [0.3, 0.4) is 0 Å². The highest BCUT2D eigenvalue weighted by Gasteiger charge is 2.40. The first-order chi connectivity index (χ1) is 35.4. The number of carbonyl (C=O) groups excluding carboxylic acids is 11. The van der Waals surface area contributed by atoms with Crippen molar-refractivity contribution in [2.75, 3.05) is 32.1 Å². The summed E-state index contributed by atoms with van der Waals surface area (Å²) in [6, 6.07) is -6.43. The highest BCUT2D eigenvalue weighted by molar-refractivity contribution is 7.89. The van der Waals surface area contributed by atoms with Crippen LogP contribution in [0.5, 0.6) is 0 Å². The normalized spacial score (nSPS) is 15.4. The van der Waals surface area contributed by atoms with Gasteiger partial charge in [0, 0.05) is 18.5 Å². The molecule has 0 aliphatic carbocycles. The Labute approximate surface area is 440 Å². The van der Waals surface area contributed by atoms with Crippen molar-refractivity contribution in [1.82, 2.24) is 46.8 Å². The summed E-state index contributed by atoms with van der Waals surface area (Å²) in [6.45, 7) is 7.49. The Balaban J connectivity index is 3.29. The summed E-state index contributed by atoms with van der Waals surface area (Å²) in [6.07, 6.45) is -1.43. The van der Waals surface area contributed by atoms with Gasteiger partial charge in [-0.3, -0.25) is 52.7 Å². The third-order valence-corrected chi connectivity index (χ3v) is 13.6.